The first-order valence-electron chi connectivity index (χ1n) is 6.61. The van der Waals surface area contributed by atoms with Crippen LogP contribution in [0.25, 0.3) is 0 Å². The van der Waals surface area contributed by atoms with Crippen molar-refractivity contribution in [2.45, 2.75) is 24.3 Å². The number of nitrogens with two attached hydrogens (primary N) is 1. The first-order chi connectivity index (χ1) is 9.32. The Morgan fingerprint density at radius 1 is 1.35 bits per heavy atom. The Bertz CT molecular complexity index is 589. The Kier molecular flexibility index (Phi) is 4.22. The van der Waals surface area contributed by atoms with Gasteiger partial charge in [-0.2, -0.15) is 4.31 Å². The van der Waals surface area contributed by atoms with Crippen molar-refractivity contribution in [3.8, 4) is 5.75 Å². The second-order valence-electron chi connectivity index (χ2n) is 5.30. The topological polar surface area (TPSA) is 86.9 Å². The van der Waals surface area contributed by atoms with Gasteiger partial charge in [0.05, 0.1) is 10.6 Å². The average Bonchev–Trinajstić information content (AvgIpc) is 2.53. The minimum atomic E-state index is -3.58. The molecule has 1 unspecified atom stereocenters. The summed E-state index contributed by atoms with van der Waals surface area (Å²) in [4.78, 5) is 2.26. The Hall–Kier alpha value is -1.31. The van der Waals surface area contributed by atoms with Gasteiger partial charge in [-0.3, -0.25) is 0 Å². The van der Waals surface area contributed by atoms with Crippen molar-refractivity contribution >= 4 is 15.7 Å². The van der Waals surface area contributed by atoms with Crippen molar-refractivity contribution in [2.75, 3.05) is 32.4 Å². The first kappa shape index (κ1) is 15.1. The van der Waals surface area contributed by atoms with Gasteiger partial charge >= 0.3 is 0 Å². The Morgan fingerprint density at radius 2 is 2.05 bits per heavy atom. The number of benzene rings is 1. The zero-order chi connectivity index (χ0) is 14.9. The third-order valence-corrected chi connectivity index (χ3v) is 5.60. The molecular weight excluding hydrogens is 278 g/mol. The van der Waals surface area contributed by atoms with Crippen LogP contribution in [-0.2, 0) is 10.0 Å². The molecule has 1 heterocycles. The lowest BCUT2D eigenvalue weighted by Gasteiger charge is -2.27. The summed E-state index contributed by atoms with van der Waals surface area (Å²) in [7, 11) is -1.59. The summed E-state index contributed by atoms with van der Waals surface area (Å²) >= 11 is 0. The third-order valence-electron chi connectivity index (χ3n) is 3.59. The molecule has 112 valence electrons. The lowest BCUT2D eigenvalue weighted by Crippen LogP contribution is -2.41. The van der Waals surface area contributed by atoms with Gasteiger partial charge < -0.3 is 15.7 Å². The van der Waals surface area contributed by atoms with Crippen LogP contribution in [0, 0.1) is 0 Å². The van der Waals surface area contributed by atoms with Gasteiger partial charge in [-0.15, -0.1) is 0 Å². The van der Waals surface area contributed by atoms with Crippen molar-refractivity contribution in [3.05, 3.63) is 18.2 Å². The molecule has 0 bridgehead atoms. The summed E-state index contributed by atoms with van der Waals surface area (Å²) in [6.45, 7) is 3.98. The number of nitrogens with zero attached hydrogens (tertiary/aromatic N) is 2. The van der Waals surface area contributed by atoms with Gasteiger partial charge in [-0.05, 0) is 45.1 Å². The molecule has 7 heteroatoms. The highest BCUT2D eigenvalue weighted by molar-refractivity contribution is 7.89. The second-order valence-corrected chi connectivity index (χ2v) is 7.19. The van der Waals surface area contributed by atoms with Crippen LogP contribution in [0.2, 0.25) is 0 Å². The van der Waals surface area contributed by atoms with E-state index in [1.807, 2.05) is 14.0 Å². The maximum Gasteiger partial charge on any atom is 0.243 e. The number of sulfonamides is 1. The molecular formula is C13H21N3O3S. The Balaban J connectivity index is 2.35. The van der Waals surface area contributed by atoms with E-state index in [0.717, 1.165) is 13.0 Å². The zero-order valence-corrected chi connectivity index (χ0v) is 12.6. The lowest BCUT2D eigenvalue weighted by molar-refractivity contribution is 0.290. The maximum absolute atomic E-state index is 12.7. The van der Waals surface area contributed by atoms with Crippen LogP contribution < -0.4 is 5.73 Å². The van der Waals surface area contributed by atoms with Crippen LogP contribution in [0.4, 0.5) is 5.69 Å². The highest BCUT2D eigenvalue weighted by atomic mass is 32.2. The van der Waals surface area contributed by atoms with Crippen LogP contribution in [0.3, 0.4) is 0 Å². The summed E-state index contributed by atoms with van der Waals surface area (Å²) < 4.78 is 26.9. The molecule has 0 aliphatic carbocycles. The SMILES string of the molecule is CC1CN(C)CCCN1S(=O)(=O)c1ccc(O)c(N)c1. The molecule has 1 atom stereocenters. The van der Waals surface area contributed by atoms with Gasteiger partial charge in [0.15, 0.2) is 0 Å². The van der Waals surface area contributed by atoms with Crippen molar-refractivity contribution in [1.82, 2.24) is 9.21 Å². The summed E-state index contributed by atoms with van der Waals surface area (Å²) in [5.41, 5.74) is 5.67. The van der Waals surface area contributed by atoms with Gasteiger partial charge in [0, 0.05) is 19.1 Å². The van der Waals surface area contributed by atoms with Crippen molar-refractivity contribution in [1.29, 1.82) is 0 Å². The van der Waals surface area contributed by atoms with Gasteiger partial charge in [-0.25, -0.2) is 8.42 Å². The summed E-state index contributed by atoms with van der Waals surface area (Å²) in [5, 5.41) is 9.41. The predicted octanol–water partition coefficient (Wildman–Crippen LogP) is 0.689. The largest absolute Gasteiger partial charge is 0.506 e. The monoisotopic (exact) mass is 299 g/mol. The first-order valence-corrected chi connectivity index (χ1v) is 8.05. The molecule has 1 aliphatic heterocycles. The molecule has 0 radical (unpaired) electrons. The molecule has 1 aromatic carbocycles. The molecule has 0 aromatic heterocycles. The van der Waals surface area contributed by atoms with Crippen LogP contribution >= 0.6 is 0 Å². The third kappa shape index (κ3) is 2.89. The smallest absolute Gasteiger partial charge is 0.243 e. The second kappa shape index (κ2) is 5.59. The molecule has 0 spiro atoms. The van der Waals surface area contributed by atoms with Gasteiger partial charge in [0.1, 0.15) is 5.75 Å². The minimum absolute atomic E-state index is 0.0747. The number of phenols is 1. The van der Waals surface area contributed by atoms with E-state index < -0.39 is 10.0 Å². The van der Waals surface area contributed by atoms with Crippen molar-refractivity contribution in [2.24, 2.45) is 0 Å². The minimum Gasteiger partial charge on any atom is -0.506 e. The number of hydrogen-bond acceptors (Lipinski definition) is 5. The molecule has 0 amide bonds. The Morgan fingerprint density at radius 3 is 2.70 bits per heavy atom. The van der Waals surface area contributed by atoms with Crippen molar-refractivity contribution < 1.29 is 13.5 Å². The summed E-state index contributed by atoms with van der Waals surface area (Å²) in [6, 6.07) is 3.92. The highest BCUT2D eigenvalue weighted by Gasteiger charge is 2.31. The molecule has 1 aromatic rings. The average molecular weight is 299 g/mol. The van der Waals surface area contributed by atoms with Gasteiger partial charge in [-0.1, -0.05) is 0 Å². The number of phenolic OH excluding ortho intramolecular Hbond substituents is 1. The van der Waals surface area contributed by atoms with Crippen LogP contribution in [0.1, 0.15) is 13.3 Å². The molecule has 6 nitrogen and oxygen atoms in total. The zero-order valence-electron chi connectivity index (χ0n) is 11.8. The van der Waals surface area contributed by atoms with E-state index in [9.17, 15) is 13.5 Å². The number of nitrogen functional groups attached to an aromatic ring is 1. The summed E-state index contributed by atoms with van der Waals surface area (Å²) in [5.74, 6) is -0.104. The normalized spacial score (nSPS) is 22.6. The van der Waals surface area contributed by atoms with Crippen LogP contribution in [-0.4, -0.2) is 55.5 Å². The number of hydrogen-bond donors (Lipinski definition) is 2. The fourth-order valence-electron chi connectivity index (χ4n) is 2.54. The van der Waals surface area contributed by atoms with Crippen LogP contribution in [0.15, 0.2) is 23.1 Å². The fourth-order valence-corrected chi connectivity index (χ4v) is 4.23. The number of aromatic hydroxyl groups is 1. The van der Waals surface area contributed by atoms with E-state index in [0.29, 0.717) is 13.1 Å². The van der Waals surface area contributed by atoms with Crippen LogP contribution in [0.5, 0.6) is 5.75 Å². The standard InChI is InChI=1S/C13H21N3O3S/c1-10-9-15(2)6-3-7-16(10)20(18,19)11-4-5-13(17)12(14)8-11/h4-5,8,10,17H,3,6-7,9,14H2,1-2H3. The molecule has 3 N–H and O–H groups in total. The van der Waals surface area contributed by atoms with Gasteiger partial charge in [0.25, 0.3) is 0 Å². The van der Waals surface area contributed by atoms with E-state index >= 15 is 0 Å². The van der Waals surface area contributed by atoms with E-state index in [2.05, 4.69) is 4.90 Å². The van der Waals surface area contributed by atoms with Gasteiger partial charge in [0.2, 0.25) is 10.0 Å². The van der Waals surface area contributed by atoms with E-state index in [1.54, 1.807) is 0 Å². The quantitative estimate of drug-likeness (QED) is 0.620. The molecule has 2 rings (SSSR count). The van der Waals surface area contributed by atoms with E-state index in [4.69, 9.17) is 5.73 Å². The lowest BCUT2D eigenvalue weighted by atomic mass is 10.3. The molecule has 1 fully saturated rings. The maximum atomic E-state index is 12.7. The number of anilines is 1. The molecule has 20 heavy (non-hydrogen) atoms. The molecule has 1 saturated heterocycles. The predicted molar refractivity (Wildman–Crippen MR) is 78.0 cm³/mol. The molecule has 1 aliphatic rings. The number of likely N-dealkylation sites (N-methyl/N-ethyl adjacent to an activating group) is 1. The molecule has 0 saturated carbocycles. The summed E-state index contributed by atoms with van der Waals surface area (Å²) in [6.07, 6.45) is 0.799. The van der Waals surface area contributed by atoms with E-state index in [1.165, 1.54) is 22.5 Å². The highest BCUT2D eigenvalue weighted by Crippen LogP contribution is 2.27. The number of rotatable bonds is 2. The fraction of sp³-hybridized carbons (Fsp3) is 0.538. The Labute approximate surface area is 119 Å². The van der Waals surface area contributed by atoms with E-state index in [-0.39, 0.29) is 22.4 Å². The van der Waals surface area contributed by atoms with Crippen molar-refractivity contribution in [3.63, 3.8) is 0 Å².